The fourth-order valence-corrected chi connectivity index (χ4v) is 6.10. The molecule has 0 aromatic rings. The molecule has 54 heavy (non-hydrogen) atoms. The Bertz CT molecular complexity index is 1120. The molecule has 0 saturated heterocycles. The summed E-state index contributed by atoms with van der Waals surface area (Å²) in [7, 11) is -9.76. The summed E-state index contributed by atoms with van der Waals surface area (Å²) in [5.74, 6) is -2.29. The maximum absolute atomic E-state index is 12.5. The lowest BCUT2D eigenvalue weighted by Gasteiger charge is -2.21. The van der Waals surface area contributed by atoms with E-state index in [0.717, 1.165) is 64.2 Å². The van der Waals surface area contributed by atoms with Crippen molar-refractivity contribution in [2.24, 2.45) is 0 Å². The molecule has 0 rings (SSSR count). The summed E-state index contributed by atoms with van der Waals surface area (Å²) < 4.78 is 65.2. The first-order chi connectivity index (χ1) is 25.7. The van der Waals surface area contributed by atoms with Gasteiger partial charge in [-0.3, -0.25) is 37.3 Å². The molecule has 0 amide bonds. The Kier molecular flexibility index (Phi) is 31.0. The zero-order valence-electron chi connectivity index (χ0n) is 32.7. The highest BCUT2D eigenvalue weighted by atomic mass is 31.2. The molecular formula is C35H66O17P2. The smallest absolute Gasteiger partial charge is 0.462 e. The predicted molar refractivity (Wildman–Crippen MR) is 197 cm³/mol. The van der Waals surface area contributed by atoms with Gasteiger partial charge in [0.15, 0.2) is 12.2 Å². The van der Waals surface area contributed by atoms with Crippen LogP contribution < -0.4 is 0 Å². The van der Waals surface area contributed by atoms with E-state index in [1.54, 1.807) is 6.92 Å². The van der Waals surface area contributed by atoms with E-state index in [-0.39, 0.29) is 25.7 Å². The third-order valence-electron chi connectivity index (χ3n) is 7.57. The summed E-state index contributed by atoms with van der Waals surface area (Å²) in [4.78, 5) is 68.8. The van der Waals surface area contributed by atoms with Crippen LogP contribution >= 0.6 is 15.6 Å². The van der Waals surface area contributed by atoms with Crippen LogP contribution in [0.4, 0.5) is 0 Å². The van der Waals surface area contributed by atoms with Gasteiger partial charge in [0.1, 0.15) is 19.3 Å². The van der Waals surface area contributed by atoms with E-state index in [1.165, 1.54) is 0 Å². The molecule has 3 N–H and O–H groups in total. The molecule has 318 valence electrons. The second-order valence-electron chi connectivity index (χ2n) is 12.9. The van der Waals surface area contributed by atoms with Crippen molar-refractivity contribution in [2.45, 2.75) is 162 Å². The summed E-state index contributed by atoms with van der Waals surface area (Å²) >= 11 is 0. The van der Waals surface area contributed by atoms with Crippen molar-refractivity contribution in [3.63, 3.8) is 0 Å². The van der Waals surface area contributed by atoms with Crippen LogP contribution in [-0.4, -0.2) is 96.7 Å². The first-order valence-electron chi connectivity index (χ1n) is 19.3. The molecule has 19 heteroatoms. The van der Waals surface area contributed by atoms with Gasteiger partial charge < -0.3 is 33.8 Å². The molecule has 0 bridgehead atoms. The first-order valence-corrected chi connectivity index (χ1v) is 22.3. The molecule has 17 nitrogen and oxygen atoms in total. The fourth-order valence-electron chi connectivity index (χ4n) is 4.52. The maximum Gasteiger partial charge on any atom is 0.472 e. The Hall–Kier alpha value is -1.94. The molecule has 0 saturated carbocycles. The lowest BCUT2D eigenvalue weighted by atomic mass is 10.1. The van der Waals surface area contributed by atoms with Crippen LogP contribution in [0.2, 0.25) is 0 Å². The van der Waals surface area contributed by atoms with Crippen LogP contribution in [0.3, 0.4) is 0 Å². The van der Waals surface area contributed by atoms with Crippen molar-refractivity contribution >= 4 is 39.5 Å². The van der Waals surface area contributed by atoms with Gasteiger partial charge in [-0.1, -0.05) is 91.9 Å². The molecule has 0 heterocycles. The predicted octanol–water partition coefficient (Wildman–Crippen LogP) is 6.63. The Morgan fingerprint density at radius 2 is 0.796 bits per heavy atom. The number of unbranched alkanes of at least 4 members (excludes halogenated alkanes) is 10. The van der Waals surface area contributed by atoms with Crippen molar-refractivity contribution in [3.05, 3.63) is 0 Å². The molecule has 0 spiro atoms. The molecule has 0 aliphatic heterocycles. The monoisotopic (exact) mass is 820 g/mol. The number of hydrogen-bond donors (Lipinski definition) is 3. The highest BCUT2D eigenvalue weighted by Gasteiger charge is 2.30. The van der Waals surface area contributed by atoms with Gasteiger partial charge in [0.05, 0.1) is 26.4 Å². The number of rotatable bonds is 36. The minimum Gasteiger partial charge on any atom is -0.462 e. The molecule has 0 aromatic heterocycles. The van der Waals surface area contributed by atoms with E-state index in [0.29, 0.717) is 25.7 Å². The van der Waals surface area contributed by atoms with E-state index in [1.807, 2.05) is 13.8 Å². The van der Waals surface area contributed by atoms with Gasteiger partial charge in [-0.15, -0.1) is 0 Å². The van der Waals surface area contributed by atoms with Crippen LogP contribution in [-0.2, 0) is 65.4 Å². The molecule has 0 radical (unpaired) electrons. The van der Waals surface area contributed by atoms with Gasteiger partial charge in [-0.05, 0) is 25.7 Å². The largest absolute Gasteiger partial charge is 0.472 e. The minimum absolute atomic E-state index is 0.0922. The summed E-state index contributed by atoms with van der Waals surface area (Å²) in [6.07, 6.45) is 8.36. The molecule has 2 unspecified atom stereocenters. The second-order valence-corrected chi connectivity index (χ2v) is 15.8. The van der Waals surface area contributed by atoms with E-state index in [4.69, 9.17) is 37.0 Å². The van der Waals surface area contributed by atoms with Crippen LogP contribution in [0.5, 0.6) is 0 Å². The van der Waals surface area contributed by atoms with Crippen molar-refractivity contribution in [1.82, 2.24) is 0 Å². The molecule has 0 aliphatic rings. The number of aliphatic hydroxyl groups is 1. The van der Waals surface area contributed by atoms with Gasteiger partial charge in [-0.2, -0.15) is 0 Å². The SMILES string of the molecule is CCCCCCCCCC(=O)O[C@H](COC(=O)CCCC)COP(=O)(O)OC[C@@H](O)COP(=O)(O)OC[C@@H](COC(=O)CCC)OC(=O)CCCCCC. The van der Waals surface area contributed by atoms with Crippen LogP contribution in [0.15, 0.2) is 0 Å². The topological polar surface area (TPSA) is 237 Å². The van der Waals surface area contributed by atoms with Crippen LogP contribution in [0, 0.1) is 0 Å². The summed E-state index contributed by atoms with van der Waals surface area (Å²) in [5, 5.41) is 10.2. The number of carbonyl (C=O) groups excluding carboxylic acids is 4. The summed E-state index contributed by atoms with van der Waals surface area (Å²) in [5.41, 5.74) is 0. The minimum atomic E-state index is -4.89. The Labute approximate surface area is 320 Å². The van der Waals surface area contributed by atoms with E-state index < -0.39 is 97.5 Å². The molecule has 0 aromatic carbocycles. The van der Waals surface area contributed by atoms with Gasteiger partial charge in [-0.25, -0.2) is 9.13 Å². The Balaban J connectivity index is 4.98. The second kappa shape index (κ2) is 32.2. The number of carbonyl (C=O) groups is 4. The van der Waals surface area contributed by atoms with E-state index in [2.05, 4.69) is 6.92 Å². The number of phosphoric acid groups is 2. The number of aliphatic hydroxyl groups excluding tert-OH is 1. The maximum atomic E-state index is 12.5. The van der Waals surface area contributed by atoms with Gasteiger partial charge >= 0.3 is 39.5 Å². The molecular weight excluding hydrogens is 754 g/mol. The van der Waals surface area contributed by atoms with Crippen molar-refractivity contribution in [1.29, 1.82) is 0 Å². The van der Waals surface area contributed by atoms with Crippen molar-refractivity contribution in [2.75, 3.05) is 39.6 Å². The van der Waals surface area contributed by atoms with E-state index >= 15 is 0 Å². The number of phosphoric ester groups is 2. The third kappa shape index (κ3) is 31.3. The van der Waals surface area contributed by atoms with Crippen LogP contribution in [0.25, 0.3) is 0 Å². The fraction of sp³-hybridized carbons (Fsp3) is 0.886. The zero-order valence-corrected chi connectivity index (χ0v) is 34.4. The van der Waals surface area contributed by atoms with Gasteiger partial charge in [0.25, 0.3) is 0 Å². The quantitative estimate of drug-likeness (QED) is 0.0260. The highest BCUT2D eigenvalue weighted by molar-refractivity contribution is 7.47. The third-order valence-corrected chi connectivity index (χ3v) is 9.47. The van der Waals surface area contributed by atoms with Crippen molar-refractivity contribution in [3.8, 4) is 0 Å². The lowest BCUT2D eigenvalue weighted by molar-refractivity contribution is -0.161. The first kappa shape index (κ1) is 52.1. The number of esters is 4. The average molecular weight is 821 g/mol. The van der Waals surface area contributed by atoms with Gasteiger partial charge in [0.2, 0.25) is 0 Å². The molecule has 0 aliphatic carbocycles. The van der Waals surface area contributed by atoms with Crippen LogP contribution in [0.1, 0.15) is 143 Å². The number of hydrogen-bond acceptors (Lipinski definition) is 15. The summed E-state index contributed by atoms with van der Waals surface area (Å²) in [6.45, 7) is 3.82. The Morgan fingerprint density at radius 1 is 0.444 bits per heavy atom. The average Bonchev–Trinajstić information content (AvgIpc) is 3.12. The summed E-state index contributed by atoms with van der Waals surface area (Å²) in [6, 6.07) is 0. The normalized spacial score (nSPS) is 15.3. The van der Waals surface area contributed by atoms with Crippen molar-refractivity contribution < 1.29 is 80.2 Å². The molecule has 5 atom stereocenters. The zero-order chi connectivity index (χ0) is 40.7. The number of ether oxygens (including phenoxy) is 4. The van der Waals surface area contributed by atoms with Gasteiger partial charge in [0, 0.05) is 25.7 Å². The standard InChI is InChI=1S/C35H66O17P2/c1-5-9-12-14-15-16-18-22-35(40)52-31(26-46-33(38)20-11-7-3)28-50-54(43,44)48-24-29(36)23-47-53(41,42)49-27-30(25-45-32(37)19-8-4)51-34(39)21-17-13-10-6-2/h29-31,36H,5-28H2,1-4H3,(H,41,42)(H,43,44)/t29-,30+,31+/m0/s1. The highest BCUT2D eigenvalue weighted by Crippen LogP contribution is 2.45. The Morgan fingerprint density at radius 3 is 1.22 bits per heavy atom. The lowest BCUT2D eigenvalue weighted by Crippen LogP contribution is -2.30. The van der Waals surface area contributed by atoms with E-state index in [9.17, 15) is 43.2 Å². The molecule has 0 fully saturated rings.